The highest BCUT2D eigenvalue weighted by molar-refractivity contribution is 5.95. The van der Waals surface area contributed by atoms with Crippen LogP contribution in [0.25, 0.3) is 11.3 Å². The van der Waals surface area contributed by atoms with E-state index in [1.807, 2.05) is 36.4 Å². The minimum Gasteiger partial charge on any atom is -0.496 e. The van der Waals surface area contributed by atoms with E-state index in [0.29, 0.717) is 5.56 Å². The zero-order valence-corrected chi connectivity index (χ0v) is 12.3. The first kappa shape index (κ1) is 14.3. The largest absolute Gasteiger partial charge is 0.496 e. The van der Waals surface area contributed by atoms with Gasteiger partial charge in [-0.1, -0.05) is 26.0 Å². The molecule has 1 aromatic carbocycles. The Labute approximate surface area is 119 Å². The number of para-hydroxylation sites is 1. The number of rotatable bonds is 4. The molecule has 3 nitrogen and oxygen atoms in total. The second kappa shape index (κ2) is 5.87. The molecule has 0 atom stereocenters. The third-order valence-electron chi connectivity index (χ3n) is 3.23. The first-order chi connectivity index (χ1) is 9.52. The number of Topliss-reactive ketones (excluding diaryl/α,β-unsaturated/α-hetero) is 1. The molecular formula is C17H19NO2. The molecule has 20 heavy (non-hydrogen) atoms. The van der Waals surface area contributed by atoms with Crippen molar-refractivity contribution in [1.82, 2.24) is 4.98 Å². The lowest BCUT2D eigenvalue weighted by molar-refractivity contribution is 0.101. The maximum atomic E-state index is 11.7. The molecule has 2 aromatic rings. The maximum Gasteiger partial charge on any atom is 0.159 e. The van der Waals surface area contributed by atoms with Crippen molar-refractivity contribution in [3.8, 4) is 17.0 Å². The SMILES string of the molecule is COc1ccccc1-c1cc(C(C)=O)cc(C(C)C)n1. The van der Waals surface area contributed by atoms with Gasteiger partial charge in [0.15, 0.2) is 5.78 Å². The standard InChI is InChI=1S/C17H19NO2/c1-11(2)15-9-13(12(3)19)10-16(18-15)14-7-5-6-8-17(14)20-4/h5-11H,1-4H3. The minimum atomic E-state index is 0.0467. The van der Waals surface area contributed by atoms with Gasteiger partial charge < -0.3 is 4.74 Å². The summed E-state index contributed by atoms with van der Waals surface area (Å²) in [5, 5.41) is 0. The lowest BCUT2D eigenvalue weighted by Crippen LogP contribution is -2.01. The van der Waals surface area contributed by atoms with Crippen LogP contribution in [0.15, 0.2) is 36.4 Å². The molecule has 0 aliphatic carbocycles. The Morgan fingerprint density at radius 1 is 1.20 bits per heavy atom. The highest BCUT2D eigenvalue weighted by Gasteiger charge is 2.12. The molecule has 0 saturated carbocycles. The Hall–Kier alpha value is -2.16. The predicted octanol–water partition coefficient (Wildman–Crippen LogP) is 4.08. The van der Waals surface area contributed by atoms with Crippen LogP contribution in [0.5, 0.6) is 5.75 Å². The maximum absolute atomic E-state index is 11.7. The van der Waals surface area contributed by atoms with Crippen molar-refractivity contribution in [2.45, 2.75) is 26.7 Å². The molecule has 3 heteroatoms. The average molecular weight is 269 g/mol. The Balaban J connectivity index is 2.64. The summed E-state index contributed by atoms with van der Waals surface area (Å²) in [6.07, 6.45) is 0. The van der Waals surface area contributed by atoms with Gasteiger partial charge in [0.2, 0.25) is 0 Å². The van der Waals surface area contributed by atoms with Crippen LogP contribution in [0.3, 0.4) is 0 Å². The number of hydrogen-bond donors (Lipinski definition) is 0. The highest BCUT2D eigenvalue weighted by Crippen LogP contribution is 2.30. The minimum absolute atomic E-state index is 0.0467. The molecule has 1 aromatic heterocycles. The second-order valence-corrected chi connectivity index (χ2v) is 5.08. The van der Waals surface area contributed by atoms with Crippen molar-refractivity contribution in [1.29, 1.82) is 0 Å². The van der Waals surface area contributed by atoms with E-state index in [4.69, 9.17) is 4.74 Å². The van der Waals surface area contributed by atoms with E-state index >= 15 is 0 Å². The van der Waals surface area contributed by atoms with Gasteiger partial charge in [-0.2, -0.15) is 0 Å². The van der Waals surface area contributed by atoms with E-state index in [1.54, 1.807) is 14.0 Å². The third kappa shape index (κ3) is 2.87. The highest BCUT2D eigenvalue weighted by atomic mass is 16.5. The molecule has 0 aliphatic heterocycles. The van der Waals surface area contributed by atoms with E-state index < -0.39 is 0 Å². The van der Waals surface area contributed by atoms with Gasteiger partial charge in [-0.25, -0.2) is 0 Å². The van der Waals surface area contributed by atoms with E-state index in [0.717, 1.165) is 22.7 Å². The van der Waals surface area contributed by atoms with Crippen LogP contribution >= 0.6 is 0 Å². The van der Waals surface area contributed by atoms with Crippen LogP contribution in [-0.2, 0) is 0 Å². The molecule has 0 unspecified atom stereocenters. The zero-order chi connectivity index (χ0) is 14.7. The van der Waals surface area contributed by atoms with Gasteiger partial charge in [-0.05, 0) is 37.1 Å². The number of hydrogen-bond acceptors (Lipinski definition) is 3. The van der Waals surface area contributed by atoms with Crippen LogP contribution in [0.4, 0.5) is 0 Å². The summed E-state index contributed by atoms with van der Waals surface area (Å²) >= 11 is 0. The van der Waals surface area contributed by atoms with Gasteiger partial charge in [0.05, 0.1) is 12.8 Å². The summed E-state index contributed by atoms with van der Waals surface area (Å²) in [4.78, 5) is 16.4. The predicted molar refractivity (Wildman–Crippen MR) is 80.3 cm³/mol. The van der Waals surface area contributed by atoms with Crippen LogP contribution in [0, 0.1) is 0 Å². The van der Waals surface area contributed by atoms with Crippen molar-refractivity contribution in [3.63, 3.8) is 0 Å². The number of benzene rings is 1. The molecular weight excluding hydrogens is 250 g/mol. The second-order valence-electron chi connectivity index (χ2n) is 5.08. The summed E-state index contributed by atoms with van der Waals surface area (Å²) in [5.41, 5.74) is 3.28. The molecule has 0 N–H and O–H groups in total. The third-order valence-corrected chi connectivity index (χ3v) is 3.23. The van der Waals surface area contributed by atoms with Crippen molar-refractivity contribution in [2.24, 2.45) is 0 Å². The van der Waals surface area contributed by atoms with E-state index in [2.05, 4.69) is 18.8 Å². The van der Waals surface area contributed by atoms with Gasteiger partial charge in [-0.3, -0.25) is 9.78 Å². The first-order valence-corrected chi connectivity index (χ1v) is 6.69. The summed E-state index contributed by atoms with van der Waals surface area (Å²) in [7, 11) is 1.64. The van der Waals surface area contributed by atoms with Crippen molar-refractivity contribution in [3.05, 3.63) is 47.7 Å². The number of methoxy groups -OCH3 is 1. The van der Waals surface area contributed by atoms with E-state index in [-0.39, 0.29) is 11.7 Å². The van der Waals surface area contributed by atoms with Crippen LogP contribution < -0.4 is 4.74 Å². The molecule has 0 fully saturated rings. The summed E-state index contributed by atoms with van der Waals surface area (Å²) in [5.74, 6) is 1.07. The normalized spacial score (nSPS) is 10.7. The molecule has 0 radical (unpaired) electrons. The van der Waals surface area contributed by atoms with Crippen molar-refractivity contribution in [2.75, 3.05) is 7.11 Å². The van der Waals surface area contributed by atoms with Gasteiger partial charge in [0.25, 0.3) is 0 Å². The monoisotopic (exact) mass is 269 g/mol. The van der Waals surface area contributed by atoms with Gasteiger partial charge in [0, 0.05) is 16.8 Å². The summed E-state index contributed by atoms with van der Waals surface area (Å²) < 4.78 is 5.38. The smallest absolute Gasteiger partial charge is 0.159 e. The van der Waals surface area contributed by atoms with Crippen molar-refractivity contribution >= 4 is 5.78 Å². The Kier molecular flexibility index (Phi) is 4.18. The Bertz CT molecular complexity index is 633. The fraction of sp³-hybridized carbons (Fsp3) is 0.294. The number of pyridine rings is 1. The average Bonchev–Trinajstić information content (AvgIpc) is 2.46. The fourth-order valence-electron chi connectivity index (χ4n) is 2.05. The molecule has 1 heterocycles. The first-order valence-electron chi connectivity index (χ1n) is 6.69. The van der Waals surface area contributed by atoms with Crippen molar-refractivity contribution < 1.29 is 9.53 Å². The molecule has 104 valence electrons. The lowest BCUT2D eigenvalue weighted by Gasteiger charge is -2.12. The Morgan fingerprint density at radius 2 is 1.90 bits per heavy atom. The fourth-order valence-corrected chi connectivity index (χ4v) is 2.05. The van der Waals surface area contributed by atoms with Gasteiger partial charge >= 0.3 is 0 Å². The van der Waals surface area contributed by atoms with Gasteiger partial charge in [0.1, 0.15) is 5.75 Å². The van der Waals surface area contributed by atoms with E-state index in [1.165, 1.54) is 0 Å². The number of carbonyl (C=O) groups excluding carboxylic acids is 1. The number of ether oxygens (including phenoxy) is 1. The van der Waals surface area contributed by atoms with E-state index in [9.17, 15) is 4.79 Å². The van der Waals surface area contributed by atoms with Crippen LogP contribution in [0.1, 0.15) is 42.7 Å². The number of ketones is 1. The molecule has 0 spiro atoms. The van der Waals surface area contributed by atoms with Crippen LogP contribution in [0.2, 0.25) is 0 Å². The molecule has 0 bridgehead atoms. The lowest BCUT2D eigenvalue weighted by atomic mass is 10.0. The number of carbonyl (C=O) groups is 1. The summed E-state index contributed by atoms with van der Waals surface area (Å²) in [6.45, 7) is 5.71. The molecule has 2 rings (SSSR count). The van der Waals surface area contributed by atoms with Crippen LogP contribution in [-0.4, -0.2) is 17.9 Å². The van der Waals surface area contributed by atoms with Gasteiger partial charge in [-0.15, -0.1) is 0 Å². The molecule has 0 amide bonds. The number of nitrogens with zero attached hydrogens (tertiary/aromatic N) is 1. The number of aromatic nitrogens is 1. The molecule has 0 saturated heterocycles. The summed E-state index contributed by atoms with van der Waals surface area (Å²) in [6, 6.07) is 11.4. The quantitative estimate of drug-likeness (QED) is 0.785. The topological polar surface area (TPSA) is 39.2 Å². The zero-order valence-electron chi connectivity index (χ0n) is 12.3. The Morgan fingerprint density at radius 3 is 2.50 bits per heavy atom. The molecule has 0 aliphatic rings.